The first-order valence-corrected chi connectivity index (χ1v) is 8.06. The molecule has 2 rings (SSSR count). The summed E-state index contributed by atoms with van der Waals surface area (Å²) in [6.07, 6.45) is 4.96. The van der Waals surface area contributed by atoms with Crippen LogP contribution in [0.5, 0.6) is 0 Å². The molecule has 2 nitrogen and oxygen atoms in total. The van der Waals surface area contributed by atoms with Crippen molar-refractivity contribution in [2.45, 2.75) is 68.7 Å². The van der Waals surface area contributed by atoms with Crippen molar-refractivity contribution in [1.29, 1.82) is 0 Å². The minimum atomic E-state index is 1.20. The zero-order chi connectivity index (χ0) is 16.6. The van der Waals surface area contributed by atoms with E-state index in [9.17, 15) is 0 Å². The van der Waals surface area contributed by atoms with E-state index in [0.717, 1.165) is 0 Å². The van der Waals surface area contributed by atoms with Gasteiger partial charge in [0.2, 0.25) is 0 Å². The second-order valence-electron chi connectivity index (χ2n) is 3.49. The Kier molecular flexibility index (Phi) is 21.0. The summed E-state index contributed by atoms with van der Waals surface area (Å²) in [4.78, 5) is 4.07. The van der Waals surface area contributed by atoms with Crippen LogP contribution in [0.3, 0.4) is 0 Å². The zero-order valence-electron chi connectivity index (χ0n) is 15.4. The quantitative estimate of drug-likeness (QED) is 0.547. The molecule has 0 N–H and O–H groups in total. The van der Waals surface area contributed by atoms with Crippen molar-refractivity contribution in [2.75, 3.05) is 0 Å². The lowest BCUT2D eigenvalue weighted by Crippen LogP contribution is -1.88. The monoisotopic (exact) mass is 280 g/mol. The summed E-state index contributed by atoms with van der Waals surface area (Å²) in [6.45, 7) is 18.3. The van der Waals surface area contributed by atoms with Crippen LogP contribution in [0.2, 0.25) is 0 Å². The normalized spacial score (nSPS) is 7.70. The molecule has 2 heteroatoms. The summed E-state index contributed by atoms with van der Waals surface area (Å²) in [6, 6.07) is 4.19. The average molecular weight is 280 g/mol. The van der Waals surface area contributed by atoms with Crippen molar-refractivity contribution < 1.29 is 0 Å². The fraction of sp³-hybridized carbons (Fsp3) is 0.611. The van der Waals surface area contributed by atoms with Gasteiger partial charge >= 0.3 is 0 Å². The Hall–Kier alpha value is -1.31. The molecule has 20 heavy (non-hydrogen) atoms. The molecule has 0 amide bonds. The molecular formula is C18H36N2. The lowest BCUT2D eigenvalue weighted by Gasteiger charge is -1.95. The van der Waals surface area contributed by atoms with Gasteiger partial charge < -0.3 is 4.57 Å². The van der Waals surface area contributed by atoms with Crippen molar-refractivity contribution in [3.63, 3.8) is 0 Å². The van der Waals surface area contributed by atoms with Gasteiger partial charge in [0.1, 0.15) is 0 Å². The van der Waals surface area contributed by atoms with E-state index in [0.29, 0.717) is 0 Å². The third kappa shape index (κ3) is 8.73. The molecular weight excluding hydrogens is 244 g/mol. The van der Waals surface area contributed by atoms with Crippen LogP contribution in [0.1, 0.15) is 67.5 Å². The number of pyridine rings is 1. The van der Waals surface area contributed by atoms with Crippen molar-refractivity contribution in [1.82, 2.24) is 9.55 Å². The van der Waals surface area contributed by atoms with Gasteiger partial charge in [0.15, 0.2) is 0 Å². The standard InChI is InChI=1S/C9H10N2.C3H8.3C2H6/c1-7-5-8-3-4-10-6-9(8)11(7)2;1-3-2;3*1-2/h3-6H,1-2H3;3H2,1-2H3;3*1-2H3. The SMILES string of the molecule is CC.CC.CC.CCC.Cc1cc2ccncc2n1C. The Balaban J connectivity index is -0.000000275. The number of aryl methyl sites for hydroxylation is 2. The number of rotatable bonds is 0. The topological polar surface area (TPSA) is 17.8 Å². The van der Waals surface area contributed by atoms with E-state index in [4.69, 9.17) is 0 Å². The third-order valence-electron chi connectivity index (χ3n) is 2.09. The van der Waals surface area contributed by atoms with Crippen LogP contribution in [0.15, 0.2) is 24.5 Å². The highest BCUT2D eigenvalue weighted by Gasteiger charge is 1.99. The first-order chi connectivity index (χ1) is 9.70. The van der Waals surface area contributed by atoms with E-state index in [-0.39, 0.29) is 0 Å². The van der Waals surface area contributed by atoms with E-state index in [1.807, 2.05) is 60.0 Å². The van der Waals surface area contributed by atoms with E-state index in [2.05, 4.69) is 43.4 Å². The molecule has 0 saturated carbocycles. The molecule has 0 bridgehead atoms. The van der Waals surface area contributed by atoms with E-state index in [1.165, 1.54) is 23.0 Å². The largest absolute Gasteiger partial charge is 0.347 e. The maximum absolute atomic E-state index is 4.07. The molecule has 0 atom stereocenters. The second kappa shape index (κ2) is 17.7. The summed E-state index contributed by atoms with van der Waals surface area (Å²) in [5.41, 5.74) is 2.47. The lowest BCUT2D eigenvalue weighted by atomic mass is 10.3. The summed E-state index contributed by atoms with van der Waals surface area (Å²) < 4.78 is 2.14. The lowest BCUT2D eigenvalue weighted by molar-refractivity contribution is 0.915. The fourth-order valence-corrected chi connectivity index (χ4v) is 1.31. The zero-order valence-corrected chi connectivity index (χ0v) is 15.4. The maximum atomic E-state index is 4.07. The Morgan fingerprint density at radius 2 is 1.45 bits per heavy atom. The Labute approximate surface area is 127 Å². The molecule has 2 aromatic heterocycles. The van der Waals surface area contributed by atoms with Crippen molar-refractivity contribution >= 4 is 10.9 Å². The minimum absolute atomic E-state index is 1.20. The second-order valence-corrected chi connectivity index (χ2v) is 3.49. The van der Waals surface area contributed by atoms with Gasteiger partial charge in [0.05, 0.1) is 11.7 Å². The van der Waals surface area contributed by atoms with Gasteiger partial charge in [-0.1, -0.05) is 61.8 Å². The summed E-state index contributed by atoms with van der Waals surface area (Å²) >= 11 is 0. The Morgan fingerprint density at radius 3 is 1.85 bits per heavy atom. The van der Waals surface area contributed by atoms with Gasteiger partial charge in [0, 0.05) is 24.3 Å². The Morgan fingerprint density at radius 1 is 1.00 bits per heavy atom. The van der Waals surface area contributed by atoms with Gasteiger partial charge in [-0.05, 0) is 19.1 Å². The number of hydrogen-bond acceptors (Lipinski definition) is 1. The van der Waals surface area contributed by atoms with Crippen molar-refractivity contribution in [2.24, 2.45) is 7.05 Å². The molecule has 0 aliphatic heterocycles. The van der Waals surface area contributed by atoms with Crippen LogP contribution < -0.4 is 0 Å². The molecule has 0 saturated heterocycles. The summed E-state index contributed by atoms with van der Waals surface area (Å²) in [5.74, 6) is 0. The highest BCUT2D eigenvalue weighted by molar-refractivity contribution is 5.79. The molecule has 0 fully saturated rings. The predicted octanol–water partition coefficient (Wildman–Crippen LogP) is 6.38. The smallest absolute Gasteiger partial charge is 0.0666 e. The minimum Gasteiger partial charge on any atom is -0.347 e. The average Bonchev–Trinajstić information content (AvgIpc) is 2.82. The Bertz CT molecular complexity index is 403. The summed E-state index contributed by atoms with van der Waals surface area (Å²) in [5, 5.41) is 1.26. The maximum Gasteiger partial charge on any atom is 0.0666 e. The van der Waals surface area contributed by atoms with E-state index in [1.54, 1.807) is 0 Å². The van der Waals surface area contributed by atoms with Gasteiger partial charge in [-0.15, -0.1) is 0 Å². The number of fused-ring (bicyclic) bond motifs is 1. The van der Waals surface area contributed by atoms with Gasteiger partial charge in [0.25, 0.3) is 0 Å². The van der Waals surface area contributed by atoms with E-state index < -0.39 is 0 Å². The van der Waals surface area contributed by atoms with Gasteiger partial charge in [-0.2, -0.15) is 0 Å². The van der Waals surface area contributed by atoms with Crippen molar-refractivity contribution in [3.05, 3.63) is 30.2 Å². The third-order valence-corrected chi connectivity index (χ3v) is 2.09. The molecule has 0 aliphatic rings. The molecule has 0 unspecified atom stereocenters. The molecule has 0 aromatic carbocycles. The van der Waals surface area contributed by atoms with Crippen molar-refractivity contribution in [3.8, 4) is 0 Å². The first kappa shape index (κ1) is 23.8. The van der Waals surface area contributed by atoms with Gasteiger partial charge in [-0.25, -0.2) is 0 Å². The number of nitrogens with zero attached hydrogens (tertiary/aromatic N) is 2. The number of aromatic nitrogens is 2. The highest BCUT2D eigenvalue weighted by atomic mass is 14.9. The first-order valence-electron chi connectivity index (χ1n) is 8.06. The van der Waals surface area contributed by atoms with Crippen LogP contribution >= 0.6 is 0 Å². The molecule has 2 heterocycles. The molecule has 0 spiro atoms. The van der Waals surface area contributed by atoms with Crippen LogP contribution in [-0.2, 0) is 7.05 Å². The fourth-order valence-electron chi connectivity index (χ4n) is 1.31. The highest BCUT2D eigenvalue weighted by Crippen LogP contribution is 2.15. The van der Waals surface area contributed by atoms with E-state index >= 15 is 0 Å². The van der Waals surface area contributed by atoms with Crippen LogP contribution in [0, 0.1) is 6.92 Å². The van der Waals surface area contributed by atoms with Gasteiger partial charge in [-0.3, -0.25) is 4.98 Å². The summed E-state index contributed by atoms with van der Waals surface area (Å²) in [7, 11) is 2.05. The predicted molar refractivity (Wildman–Crippen MR) is 95.5 cm³/mol. The molecule has 118 valence electrons. The van der Waals surface area contributed by atoms with Crippen LogP contribution in [0.25, 0.3) is 10.9 Å². The number of hydrogen-bond donors (Lipinski definition) is 0. The van der Waals surface area contributed by atoms with Crippen LogP contribution in [0.4, 0.5) is 0 Å². The molecule has 0 radical (unpaired) electrons. The molecule has 2 aromatic rings. The molecule has 0 aliphatic carbocycles. The van der Waals surface area contributed by atoms with Crippen LogP contribution in [-0.4, -0.2) is 9.55 Å².